The molecule has 1 saturated heterocycles. The van der Waals surface area contributed by atoms with Gasteiger partial charge in [0, 0.05) is 19.8 Å². The summed E-state index contributed by atoms with van der Waals surface area (Å²) in [7, 11) is 0. The van der Waals surface area contributed by atoms with E-state index in [2.05, 4.69) is 11.9 Å². The maximum Gasteiger partial charge on any atom is 0.302 e. The van der Waals surface area contributed by atoms with Crippen LogP contribution in [-0.4, -0.2) is 36.4 Å². The van der Waals surface area contributed by atoms with Gasteiger partial charge in [-0.15, -0.1) is 0 Å². The fourth-order valence-corrected chi connectivity index (χ4v) is 2.53. The largest absolute Gasteiger partial charge is 0.460 e. The van der Waals surface area contributed by atoms with Crippen molar-refractivity contribution >= 4 is 11.9 Å². The van der Waals surface area contributed by atoms with Crippen LogP contribution in [-0.2, 0) is 19.0 Å². The van der Waals surface area contributed by atoms with E-state index in [0.717, 1.165) is 6.42 Å². The minimum Gasteiger partial charge on any atom is -0.460 e. The Morgan fingerprint density at radius 3 is 2.82 bits per heavy atom. The zero-order valence-electron chi connectivity index (χ0n) is 10.7. The standard InChI is InChI=1S/C12H19NO4/c1-5-9-6(2)11(16-8(4)14)10-12(17-9)15-7(3)13-10/h6,9-12H,5H2,1-4H3/t6-,9?,10?,11?,12+/m0/s1. The van der Waals surface area contributed by atoms with E-state index in [-0.39, 0.29) is 30.1 Å². The highest BCUT2D eigenvalue weighted by Crippen LogP contribution is 2.34. The van der Waals surface area contributed by atoms with Gasteiger partial charge in [0.2, 0.25) is 6.29 Å². The normalized spacial score (nSPS) is 40.2. The number of rotatable bonds is 2. The van der Waals surface area contributed by atoms with Gasteiger partial charge >= 0.3 is 5.97 Å². The predicted molar refractivity (Wildman–Crippen MR) is 61.7 cm³/mol. The lowest BCUT2D eigenvalue weighted by Crippen LogP contribution is -2.53. The van der Waals surface area contributed by atoms with E-state index in [9.17, 15) is 4.79 Å². The van der Waals surface area contributed by atoms with Crippen LogP contribution < -0.4 is 0 Å². The van der Waals surface area contributed by atoms with Crippen molar-refractivity contribution in [1.82, 2.24) is 0 Å². The van der Waals surface area contributed by atoms with Gasteiger partial charge in [0.25, 0.3) is 0 Å². The van der Waals surface area contributed by atoms with E-state index < -0.39 is 6.29 Å². The molecule has 0 aliphatic carbocycles. The fraction of sp³-hybridized carbons (Fsp3) is 0.833. The Balaban J connectivity index is 2.19. The Hall–Kier alpha value is -1.10. The summed E-state index contributed by atoms with van der Waals surface area (Å²) < 4.78 is 16.7. The van der Waals surface area contributed by atoms with Crippen molar-refractivity contribution in [3.05, 3.63) is 0 Å². The van der Waals surface area contributed by atoms with Crippen LogP contribution in [0.15, 0.2) is 4.99 Å². The summed E-state index contributed by atoms with van der Waals surface area (Å²) in [6.07, 6.45) is 0.251. The third kappa shape index (κ3) is 2.29. The van der Waals surface area contributed by atoms with E-state index in [1.54, 1.807) is 6.92 Å². The van der Waals surface area contributed by atoms with E-state index in [1.807, 2.05) is 6.92 Å². The molecule has 0 aromatic heterocycles. The molecule has 96 valence electrons. The molecule has 0 spiro atoms. The number of fused-ring (bicyclic) bond motifs is 1. The summed E-state index contributed by atoms with van der Waals surface area (Å²) >= 11 is 0. The molecule has 0 saturated carbocycles. The van der Waals surface area contributed by atoms with Crippen molar-refractivity contribution in [2.24, 2.45) is 10.9 Å². The Morgan fingerprint density at radius 2 is 2.24 bits per heavy atom. The Labute approximate surface area is 101 Å². The van der Waals surface area contributed by atoms with Crippen LogP contribution in [0, 0.1) is 5.92 Å². The molecule has 2 rings (SSSR count). The van der Waals surface area contributed by atoms with E-state index in [1.165, 1.54) is 6.92 Å². The lowest BCUT2D eigenvalue weighted by atomic mass is 9.88. The smallest absolute Gasteiger partial charge is 0.302 e. The number of esters is 1. The number of hydrogen-bond donors (Lipinski definition) is 0. The Morgan fingerprint density at radius 1 is 1.53 bits per heavy atom. The summed E-state index contributed by atoms with van der Waals surface area (Å²) in [6, 6.07) is -0.225. The second-order valence-corrected chi connectivity index (χ2v) is 4.64. The van der Waals surface area contributed by atoms with Crippen molar-refractivity contribution in [2.45, 2.75) is 58.7 Å². The first kappa shape index (κ1) is 12.4. The van der Waals surface area contributed by atoms with Crippen LogP contribution in [0.1, 0.15) is 34.1 Å². The van der Waals surface area contributed by atoms with Gasteiger partial charge in [-0.25, -0.2) is 4.99 Å². The molecule has 0 radical (unpaired) electrons. The lowest BCUT2D eigenvalue weighted by Gasteiger charge is -2.40. The molecule has 2 aliphatic rings. The molecule has 3 unspecified atom stereocenters. The van der Waals surface area contributed by atoms with Gasteiger partial charge in [-0.2, -0.15) is 0 Å². The van der Waals surface area contributed by atoms with E-state index in [4.69, 9.17) is 14.2 Å². The maximum atomic E-state index is 11.2. The minimum atomic E-state index is -0.402. The number of nitrogens with zero attached hydrogens (tertiary/aromatic N) is 1. The molecular weight excluding hydrogens is 222 g/mol. The molecular formula is C12H19NO4. The maximum absolute atomic E-state index is 11.2. The molecule has 5 nitrogen and oxygen atoms in total. The molecule has 0 aromatic rings. The van der Waals surface area contributed by atoms with Crippen LogP contribution in [0.5, 0.6) is 0 Å². The zero-order valence-corrected chi connectivity index (χ0v) is 10.7. The van der Waals surface area contributed by atoms with E-state index >= 15 is 0 Å². The summed E-state index contributed by atoms with van der Waals surface area (Å²) in [6.45, 7) is 7.29. The summed E-state index contributed by atoms with van der Waals surface area (Å²) in [4.78, 5) is 15.5. The van der Waals surface area contributed by atoms with Crippen LogP contribution in [0.2, 0.25) is 0 Å². The topological polar surface area (TPSA) is 57.1 Å². The highest BCUT2D eigenvalue weighted by atomic mass is 16.7. The first-order chi connectivity index (χ1) is 8.02. The summed E-state index contributed by atoms with van der Waals surface area (Å²) in [5.41, 5.74) is 0. The van der Waals surface area contributed by atoms with Crippen LogP contribution in [0.3, 0.4) is 0 Å². The molecule has 5 heteroatoms. The van der Waals surface area contributed by atoms with Crippen molar-refractivity contribution in [2.75, 3.05) is 0 Å². The number of aliphatic imine (C=N–C) groups is 1. The molecule has 2 aliphatic heterocycles. The monoisotopic (exact) mass is 241 g/mol. The second-order valence-electron chi connectivity index (χ2n) is 4.64. The first-order valence-corrected chi connectivity index (χ1v) is 6.06. The van der Waals surface area contributed by atoms with Crippen molar-refractivity contribution in [1.29, 1.82) is 0 Å². The van der Waals surface area contributed by atoms with Gasteiger partial charge in [0.15, 0.2) is 11.9 Å². The van der Waals surface area contributed by atoms with Crippen LogP contribution in [0.25, 0.3) is 0 Å². The number of carbonyl (C=O) groups is 1. The molecule has 0 aromatic carbocycles. The van der Waals surface area contributed by atoms with Crippen LogP contribution in [0.4, 0.5) is 0 Å². The highest BCUT2D eigenvalue weighted by molar-refractivity contribution is 5.75. The molecule has 1 fully saturated rings. The number of ether oxygens (including phenoxy) is 3. The summed E-state index contributed by atoms with van der Waals surface area (Å²) in [5.74, 6) is 0.446. The average molecular weight is 241 g/mol. The fourth-order valence-electron chi connectivity index (χ4n) is 2.53. The van der Waals surface area contributed by atoms with Gasteiger partial charge < -0.3 is 14.2 Å². The molecule has 0 amide bonds. The molecule has 2 heterocycles. The molecule has 17 heavy (non-hydrogen) atoms. The quantitative estimate of drug-likeness (QED) is 0.687. The Bertz CT molecular complexity index is 341. The minimum absolute atomic E-state index is 0.0432. The number of hydrogen-bond acceptors (Lipinski definition) is 5. The van der Waals surface area contributed by atoms with Crippen molar-refractivity contribution in [3.8, 4) is 0 Å². The van der Waals surface area contributed by atoms with E-state index in [0.29, 0.717) is 5.90 Å². The SMILES string of the molecule is CCC1O[C@H]2OC(C)=NC2C(OC(C)=O)[C@H]1C. The number of carbonyl (C=O) groups excluding carboxylic acids is 1. The van der Waals surface area contributed by atoms with Gasteiger partial charge in [-0.1, -0.05) is 13.8 Å². The van der Waals surface area contributed by atoms with Gasteiger partial charge in [0.05, 0.1) is 6.10 Å². The van der Waals surface area contributed by atoms with Crippen LogP contribution >= 0.6 is 0 Å². The van der Waals surface area contributed by atoms with Gasteiger partial charge in [0.1, 0.15) is 6.10 Å². The van der Waals surface area contributed by atoms with Crippen molar-refractivity contribution in [3.63, 3.8) is 0 Å². The Kier molecular flexibility index (Phi) is 3.38. The first-order valence-electron chi connectivity index (χ1n) is 6.06. The zero-order chi connectivity index (χ0) is 12.6. The predicted octanol–water partition coefficient (Wildman–Crippen LogP) is 1.51. The molecule has 0 bridgehead atoms. The summed E-state index contributed by atoms with van der Waals surface area (Å²) in [5, 5.41) is 0. The average Bonchev–Trinajstić information content (AvgIpc) is 2.62. The molecule has 5 atom stereocenters. The molecule has 0 N–H and O–H groups in total. The third-order valence-corrected chi connectivity index (χ3v) is 3.35. The van der Waals surface area contributed by atoms with Gasteiger partial charge in [-0.05, 0) is 6.42 Å². The third-order valence-electron chi connectivity index (χ3n) is 3.35. The van der Waals surface area contributed by atoms with Gasteiger partial charge in [-0.3, -0.25) is 4.79 Å². The lowest BCUT2D eigenvalue weighted by molar-refractivity contribution is -0.214. The second kappa shape index (κ2) is 4.64. The highest BCUT2D eigenvalue weighted by Gasteiger charge is 2.49. The van der Waals surface area contributed by atoms with Crippen molar-refractivity contribution < 1.29 is 19.0 Å².